The molecule has 24 heavy (non-hydrogen) atoms. The number of methoxy groups -OCH3 is 1. The van der Waals surface area contributed by atoms with Gasteiger partial charge in [0.25, 0.3) is 0 Å². The van der Waals surface area contributed by atoms with Gasteiger partial charge in [-0.1, -0.05) is 53.6 Å². The molecule has 0 saturated heterocycles. The fraction of sp³-hybridized carbons (Fsp3) is 0.150. The molecule has 0 spiro atoms. The molecule has 0 radical (unpaired) electrons. The van der Waals surface area contributed by atoms with Crippen LogP contribution in [0.3, 0.4) is 0 Å². The first-order chi connectivity index (χ1) is 11.6. The minimum Gasteiger partial charge on any atom is -0.497 e. The minimum absolute atomic E-state index is 0.477. The summed E-state index contributed by atoms with van der Waals surface area (Å²) in [5.74, 6) is 1.61. The molecule has 0 atom stereocenters. The van der Waals surface area contributed by atoms with Crippen LogP contribution in [0.4, 0.5) is 5.82 Å². The largest absolute Gasteiger partial charge is 0.497 e. The van der Waals surface area contributed by atoms with Crippen LogP contribution in [0.2, 0.25) is 5.15 Å². The van der Waals surface area contributed by atoms with Gasteiger partial charge in [0.15, 0.2) is 0 Å². The van der Waals surface area contributed by atoms with E-state index < -0.39 is 0 Å². The molecule has 3 aromatic rings. The van der Waals surface area contributed by atoms with Crippen LogP contribution in [-0.4, -0.2) is 12.1 Å². The standard InChI is InChI=1S/C20H19ClN2O/c1-14-3-7-16(8-4-14)17-11-19(21)23-20(12-17)22-13-15-5-9-18(24-2)10-6-15/h3-12H,13H2,1-2H3,(H,22,23). The van der Waals surface area contributed by atoms with Gasteiger partial charge in [-0.15, -0.1) is 0 Å². The van der Waals surface area contributed by atoms with E-state index >= 15 is 0 Å². The number of anilines is 1. The highest BCUT2D eigenvalue weighted by molar-refractivity contribution is 6.29. The van der Waals surface area contributed by atoms with E-state index in [1.165, 1.54) is 5.56 Å². The average molecular weight is 339 g/mol. The van der Waals surface area contributed by atoms with Crippen molar-refractivity contribution in [3.63, 3.8) is 0 Å². The van der Waals surface area contributed by atoms with Crippen LogP contribution in [0.15, 0.2) is 60.7 Å². The normalized spacial score (nSPS) is 10.5. The Kier molecular flexibility index (Phi) is 5.02. The van der Waals surface area contributed by atoms with Crippen LogP contribution in [0.1, 0.15) is 11.1 Å². The fourth-order valence-corrected chi connectivity index (χ4v) is 2.64. The maximum atomic E-state index is 6.18. The van der Waals surface area contributed by atoms with Crippen molar-refractivity contribution < 1.29 is 4.74 Å². The van der Waals surface area contributed by atoms with Crippen molar-refractivity contribution in [1.82, 2.24) is 4.98 Å². The van der Waals surface area contributed by atoms with E-state index in [1.54, 1.807) is 7.11 Å². The maximum Gasteiger partial charge on any atom is 0.132 e. The van der Waals surface area contributed by atoms with Crippen molar-refractivity contribution in [2.75, 3.05) is 12.4 Å². The Balaban J connectivity index is 1.76. The van der Waals surface area contributed by atoms with E-state index in [2.05, 4.69) is 41.5 Å². The van der Waals surface area contributed by atoms with Gasteiger partial charge < -0.3 is 10.1 Å². The Labute approximate surface area is 147 Å². The number of halogens is 1. The van der Waals surface area contributed by atoms with E-state index in [9.17, 15) is 0 Å². The fourth-order valence-electron chi connectivity index (χ4n) is 2.44. The van der Waals surface area contributed by atoms with Gasteiger partial charge in [-0.25, -0.2) is 4.98 Å². The number of hydrogen-bond donors (Lipinski definition) is 1. The van der Waals surface area contributed by atoms with E-state index in [1.807, 2.05) is 36.4 Å². The summed E-state index contributed by atoms with van der Waals surface area (Å²) in [5.41, 5.74) is 4.55. The first-order valence-electron chi connectivity index (χ1n) is 7.75. The Morgan fingerprint density at radius 2 is 1.67 bits per heavy atom. The van der Waals surface area contributed by atoms with E-state index in [-0.39, 0.29) is 0 Å². The quantitative estimate of drug-likeness (QED) is 0.638. The van der Waals surface area contributed by atoms with Crippen molar-refractivity contribution in [2.24, 2.45) is 0 Å². The molecule has 0 saturated carbocycles. The first-order valence-corrected chi connectivity index (χ1v) is 8.13. The molecule has 2 aromatic carbocycles. The van der Waals surface area contributed by atoms with Gasteiger partial charge in [0.2, 0.25) is 0 Å². The topological polar surface area (TPSA) is 34.1 Å². The van der Waals surface area contributed by atoms with Crippen LogP contribution in [0, 0.1) is 6.92 Å². The number of benzene rings is 2. The molecule has 1 N–H and O–H groups in total. The third-order valence-corrected chi connectivity index (χ3v) is 4.01. The summed E-state index contributed by atoms with van der Waals surface area (Å²) in [7, 11) is 1.66. The van der Waals surface area contributed by atoms with Crippen molar-refractivity contribution in [2.45, 2.75) is 13.5 Å². The molecular weight excluding hydrogens is 320 g/mol. The Morgan fingerprint density at radius 3 is 2.33 bits per heavy atom. The van der Waals surface area contributed by atoms with Gasteiger partial charge in [0.05, 0.1) is 7.11 Å². The van der Waals surface area contributed by atoms with Crippen molar-refractivity contribution in [3.8, 4) is 16.9 Å². The highest BCUT2D eigenvalue weighted by Crippen LogP contribution is 2.25. The molecule has 0 amide bonds. The van der Waals surface area contributed by atoms with Crippen LogP contribution in [0.25, 0.3) is 11.1 Å². The smallest absolute Gasteiger partial charge is 0.132 e. The van der Waals surface area contributed by atoms with Gasteiger partial charge in [-0.3, -0.25) is 0 Å². The molecule has 0 aliphatic carbocycles. The zero-order valence-corrected chi connectivity index (χ0v) is 14.5. The lowest BCUT2D eigenvalue weighted by Crippen LogP contribution is -2.01. The van der Waals surface area contributed by atoms with Gasteiger partial charge >= 0.3 is 0 Å². The number of aromatic nitrogens is 1. The summed E-state index contributed by atoms with van der Waals surface area (Å²) in [6.45, 7) is 2.75. The molecule has 0 aliphatic rings. The average Bonchev–Trinajstić information content (AvgIpc) is 2.60. The van der Waals surface area contributed by atoms with Crippen molar-refractivity contribution >= 4 is 17.4 Å². The van der Waals surface area contributed by atoms with Crippen LogP contribution < -0.4 is 10.1 Å². The summed E-state index contributed by atoms with van der Waals surface area (Å²) < 4.78 is 5.17. The van der Waals surface area contributed by atoms with Crippen LogP contribution >= 0.6 is 11.6 Å². The minimum atomic E-state index is 0.477. The molecule has 1 aromatic heterocycles. The highest BCUT2D eigenvalue weighted by Gasteiger charge is 2.04. The summed E-state index contributed by atoms with van der Waals surface area (Å²) in [4.78, 5) is 4.36. The molecule has 0 unspecified atom stereocenters. The van der Waals surface area contributed by atoms with Gasteiger partial charge in [0.1, 0.15) is 16.7 Å². The molecule has 122 valence electrons. The number of nitrogens with one attached hydrogen (secondary N) is 1. The molecule has 3 rings (SSSR count). The number of pyridine rings is 1. The molecule has 3 nitrogen and oxygen atoms in total. The number of ether oxygens (including phenoxy) is 1. The number of nitrogens with zero attached hydrogens (tertiary/aromatic N) is 1. The zero-order valence-electron chi connectivity index (χ0n) is 13.7. The molecule has 0 aliphatic heterocycles. The summed E-state index contributed by atoms with van der Waals surface area (Å²) in [5, 5.41) is 3.80. The molecular formula is C20H19ClN2O. The highest BCUT2D eigenvalue weighted by atomic mass is 35.5. The number of aryl methyl sites for hydroxylation is 1. The molecule has 0 fully saturated rings. The van der Waals surface area contributed by atoms with Crippen molar-refractivity contribution in [1.29, 1.82) is 0 Å². The lowest BCUT2D eigenvalue weighted by Gasteiger charge is -2.10. The van der Waals surface area contributed by atoms with E-state index in [0.29, 0.717) is 11.7 Å². The second kappa shape index (κ2) is 7.37. The zero-order chi connectivity index (χ0) is 16.9. The van der Waals surface area contributed by atoms with Crippen LogP contribution in [0.5, 0.6) is 5.75 Å². The second-order valence-electron chi connectivity index (χ2n) is 5.63. The maximum absolute atomic E-state index is 6.18. The first kappa shape index (κ1) is 16.3. The third kappa shape index (κ3) is 4.06. The van der Waals surface area contributed by atoms with E-state index in [0.717, 1.165) is 28.3 Å². The SMILES string of the molecule is COc1ccc(CNc2cc(-c3ccc(C)cc3)cc(Cl)n2)cc1. The Hall–Kier alpha value is -2.52. The lowest BCUT2D eigenvalue weighted by atomic mass is 10.1. The van der Waals surface area contributed by atoms with Crippen LogP contribution in [-0.2, 0) is 6.54 Å². The van der Waals surface area contributed by atoms with Gasteiger partial charge in [-0.2, -0.15) is 0 Å². The van der Waals surface area contributed by atoms with Crippen molar-refractivity contribution in [3.05, 3.63) is 76.9 Å². The summed E-state index contributed by atoms with van der Waals surface area (Å²) >= 11 is 6.18. The number of hydrogen-bond acceptors (Lipinski definition) is 3. The Bertz CT molecular complexity index is 814. The van der Waals surface area contributed by atoms with Gasteiger partial charge in [0, 0.05) is 6.54 Å². The lowest BCUT2D eigenvalue weighted by molar-refractivity contribution is 0.414. The second-order valence-corrected chi connectivity index (χ2v) is 6.02. The molecule has 0 bridgehead atoms. The molecule has 1 heterocycles. The van der Waals surface area contributed by atoms with Gasteiger partial charge in [-0.05, 0) is 47.9 Å². The monoisotopic (exact) mass is 338 g/mol. The molecule has 4 heteroatoms. The third-order valence-electron chi connectivity index (χ3n) is 3.81. The predicted molar refractivity (Wildman–Crippen MR) is 99.7 cm³/mol. The number of rotatable bonds is 5. The summed E-state index contributed by atoms with van der Waals surface area (Å²) in [6.07, 6.45) is 0. The predicted octanol–water partition coefficient (Wildman–Crippen LogP) is 5.33. The Morgan fingerprint density at radius 1 is 0.958 bits per heavy atom. The summed E-state index contributed by atoms with van der Waals surface area (Å²) in [6, 6.07) is 20.2. The van der Waals surface area contributed by atoms with E-state index in [4.69, 9.17) is 16.3 Å².